The summed E-state index contributed by atoms with van der Waals surface area (Å²) in [5.74, 6) is 6.21. The Balaban J connectivity index is 1.67. The van der Waals surface area contributed by atoms with Crippen LogP contribution in [0.4, 0.5) is 0 Å². The maximum Gasteiger partial charge on any atom is 0.100 e. The van der Waals surface area contributed by atoms with Crippen LogP contribution in [0.1, 0.15) is 11.1 Å². The molecule has 0 unspecified atom stereocenters. The van der Waals surface area contributed by atoms with E-state index in [1.165, 1.54) is 10.8 Å². The van der Waals surface area contributed by atoms with Crippen molar-refractivity contribution < 1.29 is 0 Å². The fourth-order valence-corrected chi connectivity index (χ4v) is 2.39. The van der Waals surface area contributed by atoms with Crippen LogP contribution in [0.2, 0.25) is 5.02 Å². The van der Waals surface area contributed by atoms with E-state index in [0.717, 1.165) is 11.1 Å². The Morgan fingerprint density at radius 2 is 1.77 bits per heavy atom. The zero-order valence-corrected chi connectivity index (χ0v) is 12.7. The molecule has 3 rings (SSSR count). The molecule has 0 fully saturated rings. The van der Waals surface area contributed by atoms with Crippen LogP contribution in [0.5, 0.6) is 0 Å². The van der Waals surface area contributed by atoms with Gasteiger partial charge in [0, 0.05) is 16.8 Å². The van der Waals surface area contributed by atoms with Crippen molar-refractivity contribution in [3.8, 4) is 11.8 Å². The minimum Gasteiger partial charge on any atom is -0.280 e. The van der Waals surface area contributed by atoms with Crippen LogP contribution in [0.15, 0.2) is 71.7 Å². The van der Waals surface area contributed by atoms with E-state index in [0.29, 0.717) is 11.6 Å². The van der Waals surface area contributed by atoms with Gasteiger partial charge in [-0.15, -0.1) is 0 Å². The van der Waals surface area contributed by atoms with E-state index in [9.17, 15) is 0 Å². The first-order valence-corrected chi connectivity index (χ1v) is 7.42. The summed E-state index contributed by atoms with van der Waals surface area (Å²) in [7, 11) is 0. The summed E-state index contributed by atoms with van der Waals surface area (Å²) >= 11 is 5.92. The number of fused-ring (bicyclic) bond motifs is 1. The van der Waals surface area contributed by atoms with Crippen molar-refractivity contribution in [2.75, 3.05) is 6.54 Å². The zero-order valence-electron chi connectivity index (χ0n) is 12.0. The number of aliphatic imine (C=N–C) groups is 1. The van der Waals surface area contributed by atoms with Gasteiger partial charge in [0.05, 0.1) is 0 Å². The number of benzene rings is 3. The molecular weight excluding hydrogens is 290 g/mol. The van der Waals surface area contributed by atoms with Crippen LogP contribution in [0.3, 0.4) is 0 Å². The van der Waals surface area contributed by atoms with Gasteiger partial charge in [0.1, 0.15) is 6.54 Å². The van der Waals surface area contributed by atoms with Gasteiger partial charge in [-0.05, 0) is 40.6 Å². The van der Waals surface area contributed by atoms with Crippen molar-refractivity contribution in [2.45, 2.75) is 0 Å². The predicted octanol–water partition coefficient (Wildman–Crippen LogP) is 4.96. The maximum absolute atomic E-state index is 5.92. The third kappa shape index (κ3) is 3.75. The van der Waals surface area contributed by atoms with Crippen LogP contribution in [0, 0.1) is 11.8 Å². The molecule has 0 saturated heterocycles. The van der Waals surface area contributed by atoms with Crippen LogP contribution in [-0.2, 0) is 0 Å². The van der Waals surface area contributed by atoms with Gasteiger partial charge >= 0.3 is 0 Å². The molecule has 0 atom stereocenters. The lowest BCUT2D eigenvalue weighted by Crippen LogP contribution is -1.82. The number of hydrogen-bond acceptors (Lipinski definition) is 1. The van der Waals surface area contributed by atoms with Gasteiger partial charge in [0.2, 0.25) is 0 Å². The Morgan fingerprint density at radius 1 is 0.909 bits per heavy atom. The third-order valence-electron chi connectivity index (χ3n) is 3.24. The summed E-state index contributed by atoms with van der Waals surface area (Å²) in [5.41, 5.74) is 2.00. The second kappa shape index (κ2) is 6.93. The minimum atomic E-state index is 0.472. The quantitative estimate of drug-likeness (QED) is 0.468. The largest absolute Gasteiger partial charge is 0.280 e. The molecule has 0 aliphatic carbocycles. The van der Waals surface area contributed by atoms with Gasteiger partial charge < -0.3 is 0 Å². The second-order valence-electron chi connectivity index (χ2n) is 4.89. The molecule has 0 radical (unpaired) electrons. The van der Waals surface area contributed by atoms with E-state index in [1.807, 2.05) is 42.5 Å². The van der Waals surface area contributed by atoms with Gasteiger partial charge in [0.25, 0.3) is 0 Å². The summed E-state index contributed by atoms with van der Waals surface area (Å²) < 4.78 is 0. The molecule has 1 nitrogen and oxygen atoms in total. The smallest absolute Gasteiger partial charge is 0.100 e. The van der Waals surface area contributed by atoms with Crippen molar-refractivity contribution in [2.24, 2.45) is 4.99 Å². The standard InChI is InChI=1S/C20H14ClN/c21-20-9-3-5-17(14-20)15-22-12-4-6-16-10-11-18-7-1-2-8-19(18)13-16/h1-3,5,7-11,13-15H,12H2/b22-15+. The SMILES string of the molecule is Clc1cccc(/C=N/CC#Cc2ccc3ccccc3c2)c1. The van der Waals surface area contributed by atoms with Gasteiger partial charge in [0.15, 0.2) is 0 Å². The Bertz CT molecular complexity index is 885. The second-order valence-corrected chi connectivity index (χ2v) is 5.32. The number of rotatable bonds is 2. The Kier molecular flexibility index (Phi) is 4.53. The molecule has 0 N–H and O–H groups in total. The molecule has 3 aromatic carbocycles. The van der Waals surface area contributed by atoms with E-state index in [-0.39, 0.29) is 0 Å². The molecule has 106 valence electrons. The fourth-order valence-electron chi connectivity index (χ4n) is 2.19. The molecule has 3 aromatic rings. The van der Waals surface area contributed by atoms with Crippen LogP contribution < -0.4 is 0 Å². The summed E-state index contributed by atoms with van der Waals surface area (Å²) in [5, 5.41) is 3.15. The Labute approximate surface area is 135 Å². The summed E-state index contributed by atoms with van der Waals surface area (Å²) in [6.45, 7) is 0.472. The van der Waals surface area contributed by atoms with E-state index in [1.54, 1.807) is 6.21 Å². The average Bonchev–Trinajstić information content (AvgIpc) is 2.54. The molecular formula is C20H14ClN. The fraction of sp³-hybridized carbons (Fsp3) is 0.0500. The highest BCUT2D eigenvalue weighted by Crippen LogP contribution is 2.14. The molecule has 0 spiro atoms. The summed E-state index contributed by atoms with van der Waals surface area (Å²) in [6, 6.07) is 22.1. The number of hydrogen-bond donors (Lipinski definition) is 0. The van der Waals surface area contributed by atoms with Gasteiger partial charge in [-0.25, -0.2) is 0 Å². The van der Waals surface area contributed by atoms with Crippen molar-refractivity contribution >= 4 is 28.6 Å². The Hall–Kier alpha value is -2.56. The van der Waals surface area contributed by atoms with E-state index >= 15 is 0 Å². The minimum absolute atomic E-state index is 0.472. The number of nitrogens with zero attached hydrogens (tertiary/aromatic N) is 1. The van der Waals surface area contributed by atoms with E-state index in [4.69, 9.17) is 11.6 Å². The van der Waals surface area contributed by atoms with E-state index < -0.39 is 0 Å². The van der Waals surface area contributed by atoms with Gasteiger partial charge in [-0.2, -0.15) is 0 Å². The lowest BCUT2D eigenvalue weighted by Gasteiger charge is -1.97. The van der Waals surface area contributed by atoms with Gasteiger partial charge in [-0.3, -0.25) is 4.99 Å². The van der Waals surface area contributed by atoms with Crippen molar-refractivity contribution in [3.05, 3.63) is 82.9 Å². The normalized spacial score (nSPS) is 10.6. The van der Waals surface area contributed by atoms with E-state index in [2.05, 4.69) is 41.1 Å². The molecule has 22 heavy (non-hydrogen) atoms. The lowest BCUT2D eigenvalue weighted by molar-refractivity contribution is 1.30. The molecule has 0 saturated carbocycles. The van der Waals surface area contributed by atoms with Crippen molar-refractivity contribution in [1.82, 2.24) is 0 Å². The monoisotopic (exact) mass is 303 g/mol. The van der Waals surface area contributed by atoms with Crippen LogP contribution in [-0.4, -0.2) is 12.8 Å². The first-order chi connectivity index (χ1) is 10.8. The molecule has 2 heteroatoms. The maximum atomic E-state index is 5.92. The number of halogens is 1. The Morgan fingerprint density at radius 3 is 2.64 bits per heavy atom. The van der Waals surface area contributed by atoms with Crippen LogP contribution >= 0.6 is 11.6 Å². The summed E-state index contributed by atoms with van der Waals surface area (Å²) in [4.78, 5) is 4.30. The first-order valence-electron chi connectivity index (χ1n) is 7.04. The predicted molar refractivity (Wildman–Crippen MR) is 94.7 cm³/mol. The third-order valence-corrected chi connectivity index (χ3v) is 3.48. The first kappa shape index (κ1) is 14.4. The molecule has 0 heterocycles. The zero-order chi connectivity index (χ0) is 15.2. The molecule has 0 amide bonds. The highest BCUT2D eigenvalue weighted by molar-refractivity contribution is 6.30. The average molecular weight is 304 g/mol. The topological polar surface area (TPSA) is 12.4 Å². The summed E-state index contributed by atoms with van der Waals surface area (Å²) in [6.07, 6.45) is 1.79. The highest BCUT2D eigenvalue weighted by atomic mass is 35.5. The molecule has 0 aromatic heterocycles. The van der Waals surface area contributed by atoms with Crippen molar-refractivity contribution in [3.63, 3.8) is 0 Å². The lowest BCUT2D eigenvalue weighted by atomic mass is 10.1. The van der Waals surface area contributed by atoms with Crippen LogP contribution in [0.25, 0.3) is 10.8 Å². The highest BCUT2D eigenvalue weighted by Gasteiger charge is 1.92. The molecule has 0 aliphatic heterocycles. The van der Waals surface area contributed by atoms with Gasteiger partial charge in [-0.1, -0.05) is 65.9 Å². The van der Waals surface area contributed by atoms with Crippen molar-refractivity contribution in [1.29, 1.82) is 0 Å². The molecule has 0 bridgehead atoms. The molecule has 0 aliphatic rings.